The number of fused-ring (bicyclic) bond motifs is 1. The van der Waals surface area contributed by atoms with E-state index in [0.717, 1.165) is 0 Å². The molecule has 6 heteroatoms. The first-order valence-corrected chi connectivity index (χ1v) is 4.77. The Morgan fingerprint density at radius 1 is 1.67 bits per heavy atom. The second kappa shape index (κ2) is 3.86. The van der Waals surface area contributed by atoms with Crippen molar-refractivity contribution < 1.29 is 9.53 Å². The smallest absolute Gasteiger partial charge is 0.358 e. The average Bonchev–Trinajstić information content (AvgIpc) is 2.60. The van der Waals surface area contributed by atoms with Crippen molar-refractivity contribution in [1.29, 1.82) is 0 Å². The summed E-state index contributed by atoms with van der Waals surface area (Å²) in [6, 6.07) is 3.13. The molecule has 0 atom stereocenters. The Morgan fingerprint density at radius 2 is 2.47 bits per heavy atom. The number of hydrogen-bond acceptors (Lipinski definition) is 4. The molecule has 0 aliphatic carbocycles. The fraction of sp³-hybridized carbons (Fsp3) is 0.222. The molecule has 0 saturated heterocycles. The van der Waals surface area contributed by atoms with E-state index in [1.807, 2.05) is 0 Å². The van der Waals surface area contributed by atoms with Crippen LogP contribution in [0.5, 0.6) is 0 Å². The van der Waals surface area contributed by atoms with Gasteiger partial charge in [0.25, 0.3) is 0 Å². The maximum Gasteiger partial charge on any atom is 0.358 e. The van der Waals surface area contributed by atoms with Gasteiger partial charge >= 0.3 is 5.97 Å². The molecular formula is C9H8ClN3O2. The third-order valence-corrected chi connectivity index (χ3v) is 1.99. The van der Waals surface area contributed by atoms with E-state index < -0.39 is 5.97 Å². The van der Waals surface area contributed by atoms with Gasteiger partial charge in [0, 0.05) is 12.3 Å². The standard InChI is InChI=1S/C9H8ClN3O2/c1-2-15-9(14)6-5-8-11-7(10)3-4-13(8)12-6/h3-5H,2H2,1H3. The number of rotatable bonds is 2. The maximum absolute atomic E-state index is 11.3. The van der Waals surface area contributed by atoms with E-state index in [4.69, 9.17) is 16.3 Å². The van der Waals surface area contributed by atoms with Crippen LogP contribution in [0, 0.1) is 0 Å². The third-order valence-electron chi connectivity index (χ3n) is 1.78. The van der Waals surface area contributed by atoms with Crippen molar-refractivity contribution in [3.8, 4) is 0 Å². The molecule has 0 radical (unpaired) electrons. The monoisotopic (exact) mass is 225 g/mol. The number of aromatic nitrogens is 3. The first kappa shape index (κ1) is 9.92. The minimum Gasteiger partial charge on any atom is -0.461 e. The summed E-state index contributed by atoms with van der Waals surface area (Å²) in [6.07, 6.45) is 1.63. The Kier molecular flexibility index (Phi) is 2.55. The molecule has 0 fully saturated rings. The van der Waals surface area contributed by atoms with Crippen LogP contribution in [0.15, 0.2) is 18.3 Å². The highest BCUT2D eigenvalue weighted by atomic mass is 35.5. The van der Waals surface area contributed by atoms with Crippen LogP contribution in [0.4, 0.5) is 0 Å². The summed E-state index contributed by atoms with van der Waals surface area (Å²) in [5, 5.41) is 4.35. The lowest BCUT2D eigenvalue weighted by Gasteiger charge is -1.95. The average molecular weight is 226 g/mol. The number of carbonyl (C=O) groups is 1. The van der Waals surface area contributed by atoms with E-state index in [-0.39, 0.29) is 5.69 Å². The molecular weight excluding hydrogens is 218 g/mol. The number of ether oxygens (including phenoxy) is 1. The van der Waals surface area contributed by atoms with Crippen molar-refractivity contribution in [3.05, 3.63) is 29.2 Å². The summed E-state index contributed by atoms with van der Waals surface area (Å²) >= 11 is 5.70. The number of hydrogen-bond donors (Lipinski definition) is 0. The van der Waals surface area contributed by atoms with Gasteiger partial charge in [-0.15, -0.1) is 0 Å². The lowest BCUT2D eigenvalue weighted by atomic mass is 10.4. The van der Waals surface area contributed by atoms with Crippen molar-refractivity contribution >= 4 is 23.2 Å². The van der Waals surface area contributed by atoms with Gasteiger partial charge in [0.1, 0.15) is 5.15 Å². The van der Waals surface area contributed by atoms with E-state index in [1.165, 1.54) is 10.6 Å². The van der Waals surface area contributed by atoms with Gasteiger partial charge < -0.3 is 4.74 Å². The van der Waals surface area contributed by atoms with Gasteiger partial charge in [0.15, 0.2) is 11.3 Å². The normalized spacial score (nSPS) is 10.5. The molecule has 2 aromatic rings. The zero-order chi connectivity index (χ0) is 10.8. The van der Waals surface area contributed by atoms with Crippen molar-refractivity contribution in [2.45, 2.75) is 6.92 Å². The number of halogens is 1. The molecule has 0 unspecified atom stereocenters. The zero-order valence-corrected chi connectivity index (χ0v) is 8.73. The molecule has 0 spiro atoms. The van der Waals surface area contributed by atoms with Crippen LogP contribution in [-0.4, -0.2) is 27.2 Å². The van der Waals surface area contributed by atoms with Crippen molar-refractivity contribution in [1.82, 2.24) is 14.6 Å². The van der Waals surface area contributed by atoms with E-state index in [9.17, 15) is 4.79 Å². The van der Waals surface area contributed by atoms with Crippen LogP contribution in [0.2, 0.25) is 5.15 Å². The predicted molar refractivity (Wildman–Crippen MR) is 54.0 cm³/mol. The second-order valence-corrected chi connectivity index (χ2v) is 3.19. The van der Waals surface area contributed by atoms with Crippen LogP contribution in [0.25, 0.3) is 5.65 Å². The maximum atomic E-state index is 11.3. The summed E-state index contributed by atoms with van der Waals surface area (Å²) in [6.45, 7) is 2.06. The van der Waals surface area contributed by atoms with Crippen LogP contribution in [0.1, 0.15) is 17.4 Å². The van der Waals surface area contributed by atoms with Gasteiger partial charge in [-0.1, -0.05) is 11.6 Å². The Bertz CT molecular complexity index is 509. The molecule has 78 valence electrons. The molecule has 0 aromatic carbocycles. The molecule has 2 aromatic heterocycles. The summed E-state index contributed by atoms with van der Waals surface area (Å²) < 4.78 is 6.28. The van der Waals surface area contributed by atoms with Crippen LogP contribution < -0.4 is 0 Å². The molecule has 2 heterocycles. The number of esters is 1. The quantitative estimate of drug-likeness (QED) is 0.575. The van der Waals surface area contributed by atoms with Crippen molar-refractivity contribution in [3.63, 3.8) is 0 Å². The zero-order valence-electron chi connectivity index (χ0n) is 7.98. The highest BCUT2D eigenvalue weighted by molar-refractivity contribution is 6.29. The second-order valence-electron chi connectivity index (χ2n) is 2.80. The molecule has 0 amide bonds. The summed E-state index contributed by atoms with van der Waals surface area (Å²) in [4.78, 5) is 15.3. The van der Waals surface area contributed by atoms with Crippen LogP contribution in [-0.2, 0) is 4.74 Å². The molecule has 0 bridgehead atoms. The Labute approximate surface area is 90.6 Å². The van der Waals surface area contributed by atoms with E-state index in [2.05, 4.69) is 10.1 Å². The molecule has 15 heavy (non-hydrogen) atoms. The number of nitrogens with zero attached hydrogens (tertiary/aromatic N) is 3. The Hall–Kier alpha value is -1.62. The van der Waals surface area contributed by atoms with Gasteiger partial charge in [-0.25, -0.2) is 14.3 Å². The van der Waals surface area contributed by atoms with Crippen LogP contribution in [0.3, 0.4) is 0 Å². The Morgan fingerprint density at radius 3 is 3.20 bits per heavy atom. The van der Waals surface area contributed by atoms with Crippen molar-refractivity contribution in [2.75, 3.05) is 6.61 Å². The highest BCUT2D eigenvalue weighted by Gasteiger charge is 2.12. The summed E-state index contributed by atoms with van der Waals surface area (Å²) in [7, 11) is 0. The lowest BCUT2D eigenvalue weighted by Crippen LogP contribution is -2.05. The predicted octanol–water partition coefficient (Wildman–Crippen LogP) is 1.56. The van der Waals surface area contributed by atoms with Gasteiger partial charge in [-0.05, 0) is 13.0 Å². The van der Waals surface area contributed by atoms with Gasteiger partial charge in [0.2, 0.25) is 0 Å². The lowest BCUT2D eigenvalue weighted by molar-refractivity contribution is 0.0519. The molecule has 0 N–H and O–H groups in total. The largest absolute Gasteiger partial charge is 0.461 e. The molecule has 0 aliphatic rings. The fourth-order valence-electron chi connectivity index (χ4n) is 1.16. The first-order valence-electron chi connectivity index (χ1n) is 4.39. The first-order chi connectivity index (χ1) is 7.20. The van der Waals surface area contributed by atoms with E-state index in [1.54, 1.807) is 19.2 Å². The van der Waals surface area contributed by atoms with Gasteiger partial charge in [-0.2, -0.15) is 5.10 Å². The van der Waals surface area contributed by atoms with Gasteiger partial charge in [-0.3, -0.25) is 0 Å². The van der Waals surface area contributed by atoms with E-state index in [0.29, 0.717) is 17.4 Å². The SMILES string of the molecule is CCOC(=O)c1cc2nc(Cl)ccn2n1. The summed E-state index contributed by atoms with van der Waals surface area (Å²) in [5.74, 6) is -0.459. The minimum absolute atomic E-state index is 0.228. The van der Waals surface area contributed by atoms with Crippen LogP contribution >= 0.6 is 11.6 Å². The van der Waals surface area contributed by atoms with E-state index >= 15 is 0 Å². The Balaban J connectivity index is 2.42. The molecule has 0 saturated carbocycles. The highest BCUT2D eigenvalue weighted by Crippen LogP contribution is 2.09. The minimum atomic E-state index is -0.459. The third kappa shape index (κ3) is 1.92. The van der Waals surface area contributed by atoms with Gasteiger partial charge in [0.05, 0.1) is 6.61 Å². The molecule has 0 aliphatic heterocycles. The molecule has 5 nitrogen and oxygen atoms in total. The van der Waals surface area contributed by atoms with Crippen molar-refractivity contribution in [2.24, 2.45) is 0 Å². The number of carbonyl (C=O) groups excluding carboxylic acids is 1. The molecule has 2 rings (SSSR count). The summed E-state index contributed by atoms with van der Waals surface area (Å²) in [5.41, 5.74) is 0.747. The topological polar surface area (TPSA) is 56.5 Å². The fourth-order valence-corrected chi connectivity index (χ4v) is 1.30.